The van der Waals surface area contributed by atoms with Crippen molar-refractivity contribution in [3.05, 3.63) is 0 Å². The standard InChI is InChI=1S/C5H12O3S.N2/c1-2-3-4-5-9(6,7)8;1-2/h2-5H2,1H3,(H,6,7,8);. The minimum atomic E-state index is -3.70. The summed E-state index contributed by atoms with van der Waals surface area (Å²) in [6, 6.07) is 0. The first-order chi connectivity index (χ1) is 5.06. The minimum absolute atomic E-state index is 0.0964. The van der Waals surface area contributed by atoms with E-state index in [9.17, 15) is 8.42 Å². The Morgan fingerprint density at radius 1 is 1.27 bits per heavy atom. The molecule has 0 fully saturated rings. The maximum absolute atomic E-state index is 10.1. The molecule has 0 aliphatic rings. The van der Waals surface area contributed by atoms with Gasteiger partial charge in [-0.3, -0.25) is 4.55 Å². The van der Waals surface area contributed by atoms with Gasteiger partial charge in [-0.2, -0.15) is 8.42 Å². The average molecular weight is 180 g/mol. The van der Waals surface area contributed by atoms with Crippen LogP contribution in [0.2, 0.25) is 0 Å². The van der Waals surface area contributed by atoms with Crippen LogP contribution in [0.25, 0.3) is 0 Å². The average Bonchev–Trinajstić information content (AvgIpc) is 1.90. The highest BCUT2D eigenvalue weighted by Crippen LogP contribution is 1.96. The van der Waals surface area contributed by atoms with Gasteiger partial charge in [-0.25, -0.2) is 0 Å². The lowest BCUT2D eigenvalue weighted by Crippen LogP contribution is -2.02. The maximum Gasteiger partial charge on any atom is 0.264 e. The van der Waals surface area contributed by atoms with E-state index in [4.69, 9.17) is 15.3 Å². The highest BCUT2D eigenvalue weighted by Gasteiger charge is 2.01. The fraction of sp³-hybridized carbons (Fsp3) is 1.00. The lowest BCUT2D eigenvalue weighted by atomic mass is 10.3. The number of rotatable bonds is 4. The van der Waals surface area contributed by atoms with Crippen molar-refractivity contribution in [1.82, 2.24) is 0 Å². The molecule has 0 aliphatic heterocycles. The topological polar surface area (TPSA) is 102 Å². The van der Waals surface area contributed by atoms with Crippen LogP contribution in [0.4, 0.5) is 0 Å². The van der Waals surface area contributed by atoms with E-state index in [-0.39, 0.29) is 5.75 Å². The van der Waals surface area contributed by atoms with Crippen LogP contribution in [0.3, 0.4) is 0 Å². The van der Waals surface area contributed by atoms with E-state index >= 15 is 0 Å². The van der Waals surface area contributed by atoms with Gasteiger partial charge in [0.05, 0.1) is 5.75 Å². The second-order valence-corrected chi connectivity index (χ2v) is 3.57. The van der Waals surface area contributed by atoms with Crippen LogP contribution in [0.5, 0.6) is 0 Å². The van der Waals surface area contributed by atoms with Crippen LogP contribution in [-0.4, -0.2) is 18.7 Å². The molecule has 0 rings (SSSR count). The van der Waals surface area contributed by atoms with Crippen LogP contribution < -0.4 is 0 Å². The second kappa shape index (κ2) is 7.44. The van der Waals surface area contributed by atoms with Gasteiger partial charge in [-0.1, -0.05) is 19.8 Å². The van der Waals surface area contributed by atoms with Crippen LogP contribution in [0.15, 0.2) is 0 Å². The predicted octanol–water partition coefficient (Wildman–Crippen LogP) is 1.09. The second-order valence-electron chi connectivity index (χ2n) is 1.99. The molecule has 0 aromatic heterocycles. The van der Waals surface area contributed by atoms with Gasteiger partial charge in [0.1, 0.15) is 0 Å². The Bertz CT molecular complexity index is 185. The van der Waals surface area contributed by atoms with Crippen LogP contribution >= 0.6 is 0 Å². The molecule has 6 heteroatoms. The van der Waals surface area contributed by atoms with E-state index in [1.54, 1.807) is 0 Å². The maximum atomic E-state index is 10.1. The number of unbranched alkanes of at least 4 members (excludes halogenated alkanes) is 2. The molecule has 11 heavy (non-hydrogen) atoms. The third-order valence-corrected chi connectivity index (χ3v) is 1.81. The molecule has 0 radical (unpaired) electrons. The summed E-state index contributed by atoms with van der Waals surface area (Å²) in [5, 5.41) is 12.0. The summed E-state index contributed by atoms with van der Waals surface area (Å²) in [6.07, 6.45) is 2.39. The number of hydrogen-bond acceptors (Lipinski definition) is 4. The summed E-state index contributed by atoms with van der Waals surface area (Å²) >= 11 is 0. The van der Waals surface area contributed by atoms with Gasteiger partial charge in [-0.05, 0) is 6.42 Å². The van der Waals surface area contributed by atoms with Gasteiger partial charge in [0.2, 0.25) is 0 Å². The van der Waals surface area contributed by atoms with Gasteiger partial charge in [-0.15, -0.1) is 0 Å². The Balaban J connectivity index is 0. The molecule has 0 saturated heterocycles. The van der Waals surface area contributed by atoms with Gasteiger partial charge in [0, 0.05) is 10.8 Å². The summed E-state index contributed by atoms with van der Waals surface area (Å²) in [5.41, 5.74) is 0. The molecule has 0 aromatic rings. The lowest BCUT2D eigenvalue weighted by molar-refractivity contribution is 0.480. The molecular weight excluding hydrogens is 168 g/mol. The minimum Gasteiger partial charge on any atom is -0.286 e. The van der Waals surface area contributed by atoms with Crippen molar-refractivity contribution >= 4 is 10.1 Å². The first-order valence-electron chi connectivity index (χ1n) is 3.21. The Labute approximate surface area is 66.6 Å². The Kier molecular flexibility index (Phi) is 8.76. The highest BCUT2D eigenvalue weighted by atomic mass is 32.2. The van der Waals surface area contributed by atoms with E-state index in [0.29, 0.717) is 6.42 Å². The van der Waals surface area contributed by atoms with E-state index < -0.39 is 10.1 Å². The van der Waals surface area contributed by atoms with E-state index in [0.717, 1.165) is 12.8 Å². The smallest absolute Gasteiger partial charge is 0.264 e. The summed E-state index contributed by atoms with van der Waals surface area (Å²) in [6.45, 7) is 1.98. The van der Waals surface area contributed by atoms with Gasteiger partial charge >= 0.3 is 0 Å². The molecule has 0 unspecified atom stereocenters. The molecule has 0 atom stereocenters. The van der Waals surface area contributed by atoms with Crippen molar-refractivity contribution in [1.29, 1.82) is 10.8 Å². The van der Waals surface area contributed by atoms with Crippen molar-refractivity contribution in [3.8, 4) is 0 Å². The molecule has 1 N–H and O–H groups in total. The van der Waals surface area contributed by atoms with Gasteiger partial charge in [0.25, 0.3) is 10.1 Å². The van der Waals surface area contributed by atoms with Crippen molar-refractivity contribution < 1.29 is 13.0 Å². The zero-order valence-electron chi connectivity index (χ0n) is 6.39. The van der Waals surface area contributed by atoms with Crippen molar-refractivity contribution in [2.24, 2.45) is 0 Å². The molecule has 0 bridgehead atoms. The van der Waals surface area contributed by atoms with Crippen molar-refractivity contribution in [2.75, 3.05) is 5.75 Å². The summed E-state index contributed by atoms with van der Waals surface area (Å²) in [4.78, 5) is 0. The fourth-order valence-electron chi connectivity index (χ4n) is 0.534. The Morgan fingerprint density at radius 3 is 2.00 bits per heavy atom. The summed E-state index contributed by atoms with van der Waals surface area (Å²) in [7, 11) is -3.70. The number of hydrogen-bond donors (Lipinski definition) is 1. The van der Waals surface area contributed by atoms with Crippen LogP contribution in [0, 0.1) is 10.8 Å². The zero-order valence-corrected chi connectivity index (χ0v) is 7.21. The lowest BCUT2D eigenvalue weighted by Gasteiger charge is -1.92. The fourth-order valence-corrected chi connectivity index (χ4v) is 1.10. The molecule has 0 spiro atoms. The zero-order chi connectivity index (χ0) is 9.33. The monoisotopic (exact) mass is 180 g/mol. The highest BCUT2D eigenvalue weighted by molar-refractivity contribution is 7.85. The first kappa shape index (κ1) is 13.0. The molecule has 0 aromatic carbocycles. The Morgan fingerprint density at radius 2 is 1.73 bits per heavy atom. The summed E-state index contributed by atoms with van der Waals surface area (Å²) in [5.74, 6) is -0.0964. The first-order valence-corrected chi connectivity index (χ1v) is 4.82. The molecule has 66 valence electrons. The van der Waals surface area contributed by atoms with Crippen molar-refractivity contribution in [2.45, 2.75) is 26.2 Å². The third-order valence-electron chi connectivity index (χ3n) is 1.01. The van der Waals surface area contributed by atoms with E-state index in [2.05, 4.69) is 0 Å². The van der Waals surface area contributed by atoms with Crippen molar-refractivity contribution in [3.63, 3.8) is 0 Å². The molecule has 0 saturated carbocycles. The normalized spacial score (nSPS) is 9.82. The molecule has 0 heterocycles. The van der Waals surface area contributed by atoms with Gasteiger partial charge < -0.3 is 0 Å². The quantitative estimate of drug-likeness (QED) is 0.396. The molecule has 0 amide bonds. The SMILES string of the molecule is CCCCCS(=O)(=O)O.N#N. The van der Waals surface area contributed by atoms with E-state index in [1.165, 1.54) is 0 Å². The Hall–Kier alpha value is -0.670. The largest absolute Gasteiger partial charge is 0.286 e. The molecule has 5 nitrogen and oxygen atoms in total. The van der Waals surface area contributed by atoms with Crippen LogP contribution in [-0.2, 0) is 10.1 Å². The predicted molar refractivity (Wildman–Crippen MR) is 39.4 cm³/mol. The van der Waals surface area contributed by atoms with E-state index in [1.807, 2.05) is 6.92 Å². The third kappa shape index (κ3) is 17.6. The summed E-state index contributed by atoms with van der Waals surface area (Å²) < 4.78 is 28.3. The van der Waals surface area contributed by atoms with Gasteiger partial charge in [0.15, 0.2) is 0 Å². The molecule has 0 aliphatic carbocycles. The molecular formula is C5H12N2O3S. The van der Waals surface area contributed by atoms with Crippen LogP contribution in [0.1, 0.15) is 26.2 Å². The number of nitrogens with zero attached hydrogens (tertiary/aromatic N) is 2.